The molecule has 1 atom stereocenters. The van der Waals surface area contributed by atoms with Gasteiger partial charge in [-0.25, -0.2) is 13.2 Å². The molecule has 1 heterocycles. The van der Waals surface area contributed by atoms with Gasteiger partial charge in [-0.15, -0.1) is 11.3 Å². The van der Waals surface area contributed by atoms with E-state index in [2.05, 4.69) is 5.32 Å². The quantitative estimate of drug-likeness (QED) is 0.854. The first-order chi connectivity index (χ1) is 9.38. The van der Waals surface area contributed by atoms with E-state index >= 15 is 0 Å². The maximum atomic E-state index is 13.1. The molecule has 20 heavy (non-hydrogen) atoms. The molecule has 0 bridgehead atoms. The monoisotopic (exact) mass is 299 g/mol. The lowest BCUT2D eigenvalue weighted by Crippen LogP contribution is -2.26. The third-order valence-corrected chi connectivity index (χ3v) is 3.96. The fraction of sp³-hybridized carbons (Fsp3) is 0.214. The molecule has 1 N–H and O–H groups in total. The van der Waals surface area contributed by atoms with E-state index in [-0.39, 0.29) is 11.6 Å². The predicted octanol–water partition coefficient (Wildman–Crippen LogP) is 3.96. The molecule has 1 aromatic carbocycles. The van der Waals surface area contributed by atoms with Gasteiger partial charge in [-0.05, 0) is 38.1 Å². The second-order valence-corrected chi connectivity index (χ2v) is 5.72. The summed E-state index contributed by atoms with van der Waals surface area (Å²) >= 11 is 1.52. The lowest BCUT2D eigenvalue weighted by Gasteiger charge is -2.12. The Morgan fingerprint density at radius 3 is 2.30 bits per heavy atom. The zero-order valence-corrected chi connectivity index (χ0v) is 11.7. The Kier molecular flexibility index (Phi) is 4.13. The van der Waals surface area contributed by atoms with Crippen LogP contribution in [0, 0.1) is 24.4 Å². The molecular weight excluding hydrogens is 287 g/mol. The largest absolute Gasteiger partial charge is 0.345 e. The van der Waals surface area contributed by atoms with Crippen LogP contribution in [-0.2, 0) is 0 Å². The molecule has 2 nitrogen and oxygen atoms in total. The van der Waals surface area contributed by atoms with Crippen LogP contribution in [0.15, 0.2) is 24.3 Å². The van der Waals surface area contributed by atoms with E-state index in [1.54, 1.807) is 6.92 Å². The third-order valence-electron chi connectivity index (χ3n) is 2.78. The van der Waals surface area contributed by atoms with Crippen molar-refractivity contribution < 1.29 is 18.0 Å². The van der Waals surface area contributed by atoms with Crippen molar-refractivity contribution in [1.29, 1.82) is 0 Å². The van der Waals surface area contributed by atoms with E-state index in [4.69, 9.17) is 0 Å². The van der Waals surface area contributed by atoms with E-state index in [0.717, 1.165) is 9.75 Å². The van der Waals surface area contributed by atoms with Crippen molar-refractivity contribution in [3.05, 3.63) is 57.0 Å². The summed E-state index contributed by atoms with van der Waals surface area (Å²) in [5, 5.41) is 2.62. The lowest BCUT2D eigenvalue weighted by atomic mass is 10.1. The van der Waals surface area contributed by atoms with Gasteiger partial charge in [-0.2, -0.15) is 0 Å². The second kappa shape index (κ2) is 5.66. The molecule has 106 valence electrons. The van der Waals surface area contributed by atoms with Gasteiger partial charge >= 0.3 is 0 Å². The van der Waals surface area contributed by atoms with Crippen LogP contribution >= 0.6 is 11.3 Å². The van der Waals surface area contributed by atoms with Crippen molar-refractivity contribution in [3.63, 3.8) is 0 Å². The molecular formula is C14H12F3NOS. The van der Waals surface area contributed by atoms with Gasteiger partial charge in [-0.3, -0.25) is 4.79 Å². The summed E-state index contributed by atoms with van der Waals surface area (Å²) in [7, 11) is 0. The molecule has 1 aromatic heterocycles. The summed E-state index contributed by atoms with van der Waals surface area (Å²) < 4.78 is 39.0. The third kappa shape index (κ3) is 3.01. The van der Waals surface area contributed by atoms with E-state index in [9.17, 15) is 18.0 Å². The van der Waals surface area contributed by atoms with Crippen LogP contribution in [0.3, 0.4) is 0 Å². The van der Waals surface area contributed by atoms with Gasteiger partial charge in [-0.1, -0.05) is 0 Å². The molecule has 0 saturated heterocycles. The van der Waals surface area contributed by atoms with Crippen LogP contribution in [0.2, 0.25) is 0 Å². The van der Waals surface area contributed by atoms with Crippen molar-refractivity contribution in [2.24, 2.45) is 0 Å². The van der Waals surface area contributed by atoms with Gasteiger partial charge in [0.1, 0.15) is 0 Å². The number of rotatable bonds is 3. The first-order valence-corrected chi connectivity index (χ1v) is 6.72. The van der Waals surface area contributed by atoms with Crippen LogP contribution in [0.25, 0.3) is 0 Å². The molecule has 0 aliphatic rings. The van der Waals surface area contributed by atoms with Crippen LogP contribution in [0.4, 0.5) is 13.2 Å². The zero-order chi connectivity index (χ0) is 14.9. The topological polar surface area (TPSA) is 29.1 Å². The van der Waals surface area contributed by atoms with Gasteiger partial charge < -0.3 is 5.32 Å². The molecule has 2 rings (SSSR count). The first-order valence-electron chi connectivity index (χ1n) is 5.90. The average molecular weight is 299 g/mol. The molecule has 6 heteroatoms. The maximum absolute atomic E-state index is 13.1. The van der Waals surface area contributed by atoms with Crippen LogP contribution in [0.1, 0.15) is 33.1 Å². The van der Waals surface area contributed by atoms with Crippen molar-refractivity contribution in [2.45, 2.75) is 19.9 Å². The minimum Gasteiger partial charge on any atom is -0.345 e. The Morgan fingerprint density at radius 1 is 1.20 bits per heavy atom. The lowest BCUT2D eigenvalue weighted by molar-refractivity contribution is 0.0939. The van der Waals surface area contributed by atoms with Gasteiger partial charge in [0.2, 0.25) is 0 Å². The zero-order valence-electron chi connectivity index (χ0n) is 10.8. The van der Waals surface area contributed by atoms with Crippen LogP contribution in [-0.4, -0.2) is 5.91 Å². The highest BCUT2D eigenvalue weighted by molar-refractivity contribution is 7.12. The minimum absolute atomic E-state index is 0.249. The van der Waals surface area contributed by atoms with Crippen molar-refractivity contribution in [3.8, 4) is 0 Å². The van der Waals surface area contributed by atoms with Crippen molar-refractivity contribution >= 4 is 17.2 Å². The summed E-state index contributed by atoms with van der Waals surface area (Å²) in [5.74, 6) is -4.99. The SMILES string of the molecule is Cc1ccc(C(C)NC(=O)c2cc(F)c(F)c(F)c2)s1. The number of carbonyl (C=O) groups is 1. The number of halogens is 3. The fourth-order valence-corrected chi connectivity index (χ4v) is 2.60. The number of carbonyl (C=O) groups excluding carboxylic acids is 1. The second-order valence-electron chi connectivity index (χ2n) is 4.40. The van der Waals surface area contributed by atoms with E-state index < -0.39 is 23.4 Å². The molecule has 0 fully saturated rings. The number of benzene rings is 1. The maximum Gasteiger partial charge on any atom is 0.251 e. The van der Waals surface area contributed by atoms with E-state index in [1.165, 1.54) is 11.3 Å². The van der Waals surface area contributed by atoms with Gasteiger partial charge in [0.25, 0.3) is 5.91 Å². The fourth-order valence-electron chi connectivity index (χ4n) is 1.72. The number of nitrogens with one attached hydrogen (secondary N) is 1. The van der Waals surface area contributed by atoms with Crippen LogP contribution < -0.4 is 5.32 Å². The summed E-state index contributed by atoms with van der Waals surface area (Å²) in [6.45, 7) is 3.70. The predicted molar refractivity (Wildman–Crippen MR) is 71.3 cm³/mol. The highest BCUT2D eigenvalue weighted by Crippen LogP contribution is 2.23. The van der Waals surface area contributed by atoms with Crippen molar-refractivity contribution in [1.82, 2.24) is 5.32 Å². The number of hydrogen-bond acceptors (Lipinski definition) is 2. The first kappa shape index (κ1) is 14.6. The molecule has 0 radical (unpaired) electrons. The molecule has 1 amide bonds. The molecule has 0 aliphatic heterocycles. The Morgan fingerprint density at radius 2 is 1.80 bits per heavy atom. The van der Waals surface area contributed by atoms with Crippen LogP contribution in [0.5, 0.6) is 0 Å². The minimum atomic E-state index is -1.58. The van der Waals surface area contributed by atoms with Gasteiger partial charge in [0.15, 0.2) is 17.5 Å². The molecule has 1 unspecified atom stereocenters. The Bertz CT molecular complexity index is 631. The number of thiophene rings is 1. The molecule has 0 aliphatic carbocycles. The average Bonchev–Trinajstić information content (AvgIpc) is 2.82. The number of aryl methyl sites for hydroxylation is 1. The van der Waals surface area contributed by atoms with E-state index in [1.807, 2.05) is 19.1 Å². The summed E-state index contributed by atoms with van der Waals surface area (Å²) in [4.78, 5) is 13.9. The smallest absolute Gasteiger partial charge is 0.251 e. The summed E-state index contributed by atoms with van der Waals surface area (Å²) in [5.41, 5.74) is -0.249. The molecule has 2 aromatic rings. The van der Waals surface area contributed by atoms with E-state index in [0.29, 0.717) is 12.1 Å². The molecule has 0 spiro atoms. The standard InChI is InChI=1S/C14H12F3NOS/c1-7-3-4-12(20-7)8(2)18-14(19)9-5-10(15)13(17)11(16)6-9/h3-6,8H,1-2H3,(H,18,19). The highest BCUT2D eigenvalue weighted by Gasteiger charge is 2.17. The van der Waals surface area contributed by atoms with Crippen molar-refractivity contribution in [2.75, 3.05) is 0 Å². The highest BCUT2D eigenvalue weighted by atomic mass is 32.1. The number of hydrogen-bond donors (Lipinski definition) is 1. The van der Waals surface area contributed by atoms with Gasteiger partial charge in [0, 0.05) is 15.3 Å². The summed E-state index contributed by atoms with van der Waals surface area (Å²) in [6, 6.07) is 4.86. The molecule has 0 saturated carbocycles. The Balaban J connectivity index is 2.16. The normalized spacial score (nSPS) is 12.2. The van der Waals surface area contributed by atoms with Gasteiger partial charge in [0.05, 0.1) is 6.04 Å². The summed E-state index contributed by atoms with van der Waals surface area (Å²) in [6.07, 6.45) is 0. The number of amides is 1. The Hall–Kier alpha value is -1.82. The Labute approximate surface area is 118 Å².